The second kappa shape index (κ2) is 6.68. The average Bonchev–Trinajstić information content (AvgIpc) is 2.85. The molecule has 1 amide bonds. The highest BCUT2D eigenvalue weighted by molar-refractivity contribution is 5.72. The molecule has 1 saturated heterocycles. The predicted octanol–water partition coefficient (Wildman–Crippen LogP) is 1.28. The topological polar surface area (TPSA) is 52.6 Å². The van der Waals surface area contributed by atoms with E-state index in [2.05, 4.69) is 22.3 Å². The van der Waals surface area contributed by atoms with Crippen molar-refractivity contribution in [3.05, 3.63) is 35.4 Å². The normalized spacial score (nSPS) is 19.6. The molecule has 0 radical (unpaired) electrons. The molecule has 2 N–H and O–H groups in total. The summed E-state index contributed by atoms with van der Waals surface area (Å²) in [6.07, 6.45) is 2.23. The van der Waals surface area contributed by atoms with Gasteiger partial charge in [0, 0.05) is 26.1 Å². The zero-order valence-electron chi connectivity index (χ0n) is 11.4. The van der Waals surface area contributed by atoms with Gasteiger partial charge in [-0.3, -0.25) is 9.69 Å². The van der Waals surface area contributed by atoms with Crippen LogP contribution in [0, 0.1) is 0 Å². The van der Waals surface area contributed by atoms with Crippen LogP contribution in [0.15, 0.2) is 24.3 Å². The van der Waals surface area contributed by atoms with E-state index in [-0.39, 0.29) is 18.6 Å². The lowest BCUT2D eigenvalue weighted by Gasteiger charge is -2.24. The molecule has 0 unspecified atom stereocenters. The Morgan fingerprint density at radius 3 is 2.84 bits per heavy atom. The Morgan fingerprint density at radius 2 is 2.16 bits per heavy atom. The van der Waals surface area contributed by atoms with Crippen molar-refractivity contribution in [3.8, 4) is 0 Å². The van der Waals surface area contributed by atoms with Crippen molar-refractivity contribution in [3.63, 3.8) is 0 Å². The lowest BCUT2D eigenvalue weighted by molar-refractivity contribution is -0.119. The van der Waals surface area contributed by atoms with E-state index in [0.29, 0.717) is 6.54 Å². The lowest BCUT2D eigenvalue weighted by atomic mass is 10.1. The third kappa shape index (κ3) is 3.78. The maximum absolute atomic E-state index is 11.0. The largest absolute Gasteiger partial charge is 0.395 e. The number of likely N-dealkylation sites (tertiary alicyclic amines) is 1. The molecule has 19 heavy (non-hydrogen) atoms. The number of aliphatic hydroxyl groups excluding tert-OH is 1. The zero-order chi connectivity index (χ0) is 13.7. The molecule has 4 nitrogen and oxygen atoms in total. The summed E-state index contributed by atoms with van der Waals surface area (Å²) in [5.41, 5.74) is 2.39. The first-order valence-corrected chi connectivity index (χ1v) is 6.87. The number of carbonyl (C=O) groups excluding carboxylic acids is 1. The predicted molar refractivity (Wildman–Crippen MR) is 74.5 cm³/mol. The zero-order valence-corrected chi connectivity index (χ0v) is 11.4. The monoisotopic (exact) mass is 262 g/mol. The van der Waals surface area contributed by atoms with Crippen molar-refractivity contribution in [1.82, 2.24) is 10.2 Å². The number of hydrogen-bond acceptors (Lipinski definition) is 3. The first-order chi connectivity index (χ1) is 9.20. The number of benzene rings is 1. The number of hydrogen-bond donors (Lipinski definition) is 2. The molecule has 0 saturated carbocycles. The van der Waals surface area contributed by atoms with Gasteiger partial charge in [-0.05, 0) is 30.5 Å². The Morgan fingerprint density at radius 1 is 1.42 bits per heavy atom. The molecular weight excluding hydrogens is 240 g/mol. The molecule has 1 fully saturated rings. The third-order valence-electron chi connectivity index (χ3n) is 3.73. The van der Waals surface area contributed by atoms with Crippen LogP contribution >= 0.6 is 0 Å². The summed E-state index contributed by atoms with van der Waals surface area (Å²) >= 11 is 0. The van der Waals surface area contributed by atoms with E-state index in [1.165, 1.54) is 12.5 Å². The molecule has 1 aromatic rings. The van der Waals surface area contributed by atoms with Gasteiger partial charge in [0.1, 0.15) is 0 Å². The van der Waals surface area contributed by atoms with Crippen molar-refractivity contribution >= 4 is 5.91 Å². The van der Waals surface area contributed by atoms with Crippen molar-refractivity contribution in [1.29, 1.82) is 0 Å². The van der Waals surface area contributed by atoms with Crippen molar-refractivity contribution in [2.45, 2.75) is 38.9 Å². The first-order valence-electron chi connectivity index (χ1n) is 6.87. The summed E-state index contributed by atoms with van der Waals surface area (Å²) in [7, 11) is 0. The summed E-state index contributed by atoms with van der Waals surface area (Å²) in [6.45, 7) is 4.22. The van der Waals surface area contributed by atoms with Gasteiger partial charge in [-0.25, -0.2) is 0 Å². The van der Waals surface area contributed by atoms with Gasteiger partial charge in [0.2, 0.25) is 5.91 Å². The second-order valence-electron chi connectivity index (χ2n) is 5.13. The maximum Gasteiger partial charge on any atom is 0.217 e. The molecule has 0 bridgehead atoms. The summed E-state index contributed by atoms with van der Waals surface area (Å²) in [5.74, 6) is -0.00999. The molecule has 2 rings (SSSR count). The SMILES string of the molecule is CC(=O)NCc1ccccc1CN1CCC[C@H]1CO. The second-order valence-corrected chi connectivity index (χ2v) is 5.13. The van der Waals surface area contributed by atoms with Crippen LogP contribution < -0.4 is 5.32 Å². The van der Waals surface area contributed by atoms with E-state index in [4.69, 9.17) is 0 Å². The molecule has 0 spiro atoms. The quantitative estimate of drug-likeness (QED) is 0.840. The van der Waals surface area contributed by atoms with Crippen LogP contribution in [0.1, 0.15) is 30.9 Å². The molecular formula is C15H22N2O2. The van der Waals surface area contributed by atoms with Gasteiger partial charge in [-0.1, -0.05) is 24.3 Å². The van der Waals surface area contributed by atoms with E-state index in [1.54, 1.807) is 0 Å². The van der Waals surface area contributed by atoms with Crippen LogP contribution in [0.5, 0.6) is 0 Å². The molecule has 1 heterocycles. The Hall–Kier alpha value is -1.39. The fraction of sp³-hybridized carbons (Fsp3) is 0.533. The van der Waals surface area contributed by atoms with E-state index in [1.807, 2.05) is 12.1 Å². The maximum atomic E-state index is 11.0. The number of nitrogens with zero attached hydrogens (tertiary/aromatic N) is 1. The fourth-order valence-electron chi connectivity index (χ4n) is 2.63. The molecule has 104 valence electrons. The summed E-state index contributed by atoms with van der Waals surface area (Å²) in [5, 5.41) is 12.2. The standard InChI is InChI=1S/C15H22N2O2/c1-12(19)16-9-13-5-2-3-6-14(13)10-17-8-4-7-15(17)11-18/h2-3,5-6,15,18H,4,7-11H2,1H3,(H,16,19)/t15-/m0/s1. The van der Waals surface area contributed by atoms with Crippen molar-refractivity contribution in [2.75, 3.05) is 13.2 Å². The molecule has 1 aromatic carbocycles. The molecule has 4 heteroatoms. The van der Waals surface area contributed by atoms with Crippen molar-refractivity contribution < 1.29 is 9.90 Å². The first kappa shape index (κ1) is 14.0. The minimum absolute atomic E-state index is 0.00999. The van der Waals surface area contributed by atoms with Crippen LogP contribution in [-0.2, 0) is 17.9 Å². The Labute approximate surface area is 114 Å². The van der Waals surface area contributed by atoms with E-state index in [0.717, 1.165) is 31.5 Å². The number of aliphatic hydroxyl groups is 1. The summed E-state index contributed by atoms with van der Waals surface area (Å²) in [4.78, 5) is 13.3. The van der Waals surface area contributed by atoms with Gasteiger partial charge < -0.3 is 10.4 Å². The molecule has 1 atom stereocenters. The summed E-state index contributed by atoms with van der Waals surface area (Å²) < 4.78 is 0. The number of amides is 1. The third-order valence-corrected chi connectivity index (χ3v) is 3.73. The van der Waals surface area contributed by atoms with Gasteiger partial charge >= 0.3 is 0 Å². The Balaban J connectivity index is 2.04. The van der Waals surface area contributed by atoms with Crippen LogP contribution in [0.2, 0.25) is 0 Å². The van der Waals surface area contributed by atoms with Crippen LogP contribution in [-0.4, -0.2) is 35.1 Å². The van der Waals surface area contributed by atoms with E-state index in [9.17, 15) is 9.90 Å². The van der Waals surface area contributed by atoms with Crippen molar-refractivity contribution in [2.24, 2.45) is 0 Å². The highest BCUT2D eigenvalue weighted by Gasteiger charge is 2.24. The number of carbonyl (C=O) groups is 1. The molecule has 0 aromatic heterocycles. The highest BCUT2D eigenvalue weighted by Crippen LogP contribution is 2.21. The van der Waals surface area contributed by atoms with Crippen LogP contribution in [0.4, 0.5) is 0 Å². The Bertz CT molecular complexity index is 434. The van der Waals surface area contributed by atoms with Gasteiger partial charge in [-0.2, -0.15) is 0 Å². The molecule has 0 aliphatic carbocycles. The molecule has 1 aliphatic rings. The fourth-order valence-corrected chi connectivity index (χ4v) is 2.63. The van der Waals surface area contributed by atoms with Crippen LogP contribution in [0.3, 0.4) is 0 Å². The van der Waals surface area contributed by atoms with Crippen LogP contribution in [0.25, 0.3) is 0 Å². The van der Waals surface area contributed by atoms with Gasteiger partial charge in [0.05, 0.1) is 6.61 Å². The van der Waals surface area contributed by atoms with Gasteiger partial charge in [0.15, 0.2) is 0 Å². The minimum atomic E-state index is -0.00999. The van der Waals surface area contributed by atoms with E-state index < -0.39 is 0 Å². The minimum Gasteiger partial charge on any atom is -0.395 e. The lowest BCUT2D eigenvalue weighted by Crippen LogP contribution is -2.32. The number of rotatable bonds is 5. The Kier molecular flexibility index (Phi) is 4.93. The summed E-state index contributed by atoms with van der Waals surface area (Å²) in [6, 6.07) is 8.46. The highest BCUT2D eigenvalue weighted by atomic mass is 16.3. The molecule has 1 aliphatic heterocycles. The number of nitrogens with one attached hydrogen (secondary N) is 1. The smallest absolute Gasteiger partial charge is 0.217 e. The van der Waals surface area contributed by atoms with Gasteiger partial charge in [-0.15, -0.1) is 0 Å². The van der Waals surface area contributed by atoms with E-state index >= 15 is 0 Å². The average molecular weight is 262 g/mol. The van der Waals surface area contributed by atoms with Gasteiger partial charge in [0.25, 0.3) is 0 Å².